The Balaban J connectivity index is 1.35. The summed E-state index contributed by atoms with van der Waals surface area (Å²) in [5, 5.41) is 13.5. The fraction of sp³-hybridized carbons (Fsp3) is 0.276. The molecule has 7 heteroatoms. The van der Waals surface area contributed by atoms with Crippen LogP contribution in [0.4, 0.5) is 5.69 Å². The molecular weight excluding hydrogens is 452 g/mol. The van der Waals surface area contributed by atoms with Gasteiger partial charge >= 0.3 is 0 Å². The zero-order valence-electron chi connectivity index (χ0n) is 20.3. The van der Waals surface area contributed by atoms with Gasteiger partial charge < -0.3 is 15.1 Å². The number of amides is 1. The number of nitrogens with one attached hydrogen (secondary N) is 3. The Hall–Kier alpha value is -4.13. The number of hydrogen-bond donors (Lipinski definition) is 3. The number of carbonyl (C=O) groups is 1. The quantitative estimate of drug-likeness (QED) is 0.309. The first-order valence-electron chi connectivity index (χ1n) is 12.5. The largest absolute Gasteiger partial charge is 0.472 e. The molecule has 0 radical (unpaired) electrons. The second kappa shape index (κ2) is 10.6. The van der Waals surface area contributed by atoms with Gasteiger partial charge in [0, 0.05) is 28.8 Å². The molecule has 0 spiro atoms. The molecule has 2 heterocycles. The predicted octanol–water partition coefficient (Wildman–Crippen LogP) is 4.94. The highest BCUT2D eigenvalue weighted by Crippen LogP contribution is 2.23. The van der Waals surface area contributed by atoms with Crippen molar-refractivity contribution in [3.63, 3.8) is 0 Å². The number of aromatic amines is 1. The van der Waals surface area contributed by atoms with Gasteiger partial charge in [0.2, 0.25) is 0 Å². The predicted molar refractivity (Wildman–Crippen MR) is 139 cm³/mol. The highest BCUT2D eigenvalue weighted by Gasteiger charge is 2.20. The third-order valence-corrected chi connectivity index (χ3v) is 6.74. The normalized spacial score (nSPS) is 13.6. The fourth-order valence-electron chi connectivity index (χ4n) is 4.79. The van der Waals surface area contributed by atoms with E-state index >= 15 is 0 Å². The lowest BCUT2D eigenvalue weighted by Crippen LogP contribution is -2.33. The van der Waals surface area contributed by atoms with Crippen LogP contribution in [0.5, 0.6) is 0 Å². The number of H-pyrrole nitrogens is 1. The molecule has 4 aromatic rings. The number of aromatic nitrogens is 2. The summed E-state index contributed by atoms with van der Waals surface area (Å²) in [5.41, 5.74) is 7.22. The molecule has 0 fully saturated rings. The summed E-state index contributed by atoms with van der Waals surface area (Å²) in [5.74, 6) is -0.196. The van der Waals surface area contributed by atoms with Crippen LogP contribution in [0, 0.1) is 0 Å². The van der Waals surface area contributed by atoms with Gasteiger partial charge in [-0.1, -0.05) is 31.2 Å². The monoisotopic (exact) mass is 482 g/mol. The Bertz CT molecular complexity index is 1410. The second-order valence-corrected chi connectivity index (χ2v) is 9.20. The maximum absolute atomic E-state index is 13.3. The number of anilines is 1. The van der Waals surface area contributed by atoms with E-state index in [1.54, 1.807) is 18.6 Å². The van der Waals surface area contributed by atoms with Crippen molar-refractivity contribution in [1.82, 2.24) is 15.5 Å². The molecule has 1 aliphatic rings. The molecule has 2 aromatic heterocycles. The van der Waals surface area contributed by atoms with Crippen molar-refractivity contribution in [2.24, 2.45) is 0 Å². The minimum atomic E-state index is -0.458. The van der Waals surface area contributed by atoms with Crippen LogP contribution in [-0.4, -0.2) is 16.1 Å². The third-order valence-electron chi connectivity index (χ3n) is 6.74. The van der Waals surface area contributed by atoms with E-state index in [1.807, 2.05) is 36.4 Å². The van der Waals surface area contributed by atoms with E-state index in [0.29, 0.717) is 12.0 Å². The van der Waals surface area contributed by atoms with Gasteiger partial charge in [0.05, 0.1) is 18.2 Å². The topological polar surface area (TPSA) is 100 Å². The third kappa shape index (κ3) is 5.25. The van der Waals surface area contributed by atoms with Gasteiger partial charge in [-0.2, -0.15) is 5.10 Å². The summed E-state index contributed by atoms with van der Waals surface area (Å²) >= 11 is 0. The Morgan fingerprint density at radius 1 is 1.06 bits per heavy atom. The highest BCUT2D eigenvalue weighted by atomic mass is 16.3. The van der Waals surface area contributed by atoms with Crippen LogP contribution in [0.15, 0.2) is 76.3 Å². The highest BCUT2D eigenvalue weighted by molar-refractivity contribution is 5.94. The molecule has 5 rings (SSSR count). The van der Waals surface area contributed by atoms with Crippen LogP contribution in [0.2, 0.25) is 0 Å². The van der Waals surface area contributed by atoms with E-state index in [4.69, 9.17) is 4.42 Å². The van der Waals surface area contributed by atoms with Crippen molar-refractivity contribution >= 4 is 11.6 Å². The minimum Gasteiger partial charge on any atom is -0.472 e. The van der Waals surface area contributed by atoms with Gasteiger partial charge in [0.1, 0.15) is 6.17 Å². The summed E-state index contributed by atoms with van der Waals surface area (Å²) < 4.78 is 5.28. The minimum absolute atomic E-state index is 0.0798. The van der Waals surface area contributed by atoms with Gasteiger partial charge in [-0.3, -0.25) is 9.59 Å². The maximum Gasteiger partial charge on any atom is 0.267 e. The summed E-state index contributed by atoms with van der Waals surface area (Å²) in [6.07, 6.45) is 8.03. The number of nitrogens with zero attached hydrogens (tertiary/aromatic N) is 1. The summed E-state index contributed by atoms with van der Waals surface area (Å²) in [6, 6.07) is 17.5. The van der Waals surface area contributed by atoms with Crippen molar-refractivity contribution in [1.29, 1.82) is 0 Å². The molecule has 0 bridgehead atoms. The van der Waals surface area contributed by atoms with Gasteiger partial charge in [0.25, 0.3) is 11.5 Å². The molecule has 0 saturated carbocycles. The molecule has 36 heavy (non-hydrogen) atoms. The molecule has 1 atom stereocenters. The number of benzene rings is 2. The van der Waals surface area contributed by atoms with Crippen LogP contribution in [-0.2, 0) is 25.7 Å². The molecule has 0 saturated heterocycles. The van der Waals surface area contributed by atoms with Crippen LogP contribution in [0.25, 0.3) is 0 Å². The van der Waals surface area contributed by atoms with Gasteiger partial charge in [-0.25, -0.2) is 5.10 Å². The molecule has 1 aliphatic carbocycles. The Labute approximate surface area is 210 Å². The lowest BCUT2D eigenvalue weighted by Gasteiger charge is -2.21. The van der Waals surface area contributed by atoms with E-state index in [2.05, 4.69) is 39.9 Å². The van der Waals surface area contributed by atoms with E-state index < -0.39 is 6.17 Å². The van der Waals surface area contributed by atoms with Crippen molar-refractivity contribution in [3.8, 4) is 0 Å². The standard InChI is InChI=1S/C29H30N4O3/c1-2-19-7-6-10-23(16-19)30-27(22-13-14-36-18-22)31-28(34)21-9-5-8-20(15-21)17-26-24-11-3-4-12-25(24)29(35)33-32-26/h5-10,13-16,18,27,30H,2-4,11-12,17H2,1H3,(H,31,34)(H,33,35). The van der Waals surface area contributed by atoms with Crippen LogP contribution >= 0.6 is 0 Å². The molecule has 184 valence electrons. The molecule has 7 nitrogen and oxygen atoms in total. The van der Waals surface area contributed by atoms with Crippen LogP contribution in [0.3, 0.4) is 0 Å². The van der Waals surface area contributed by atoms with E-state index in [0.717, 1.165) is 65.7 Å². The van der Waals surface area contributed by atoms with E-state index in [1.165, 1.54) is 5.56 Å². The second-order valence-electron chi connectivity index (χ2n) is 9.20. The van der Waals surface area contributed by atoms with Gasteiger partial charge in [-0.05, 0) is 79.1 Å². The first-order chi connectivity index (χ1) is 17.6. The lowest BCUT2D eigenvalue weighted by molar-refractivity contribution is 0.0941. The molecule has 1 unspecified atom stereocenters. The number of furan rings is 1. The van der Waals surface area contributed by atoms with Crippen molar-refractivity contribution < 1.29 is 9.21 Å². The zero-order chi connectivity index (χ0) is 24.9. The summed E-state index contributed by atoms with van der Waals surface area (Å²) in [4.78, 5) is 25.5. The summed E-state index contributed by atoms with van der Waals surface area (Å²) in [6.45, 7) is 2.11. The zero-order valence-corrected chi connectivity index (χ0v) is 20.3. The molecule has 3 N–H and O–H groups in total. The van der Waals surface area contributed by atoms with Crippen molar-refractivity contribution in [2.75, 3.05) is 5.32 Å². The average Bonchev–Trinajstić information content (AvgIpc) is 3.45. The first-order valence-corrected chi connectivity index (χ1v) is 12.5. The summed E-state index contributed by atoms with van der Waals surface area (Å²) in [7, 11) is 0. The Kier molecular flexibility index (Phi) is 6.98. The van der Waals surface area contributed by atoms with E-state index in [-0.39, 0.29) is 11.5 Å². The smallest absolute Gasteiger partial charge is 0.267 e. The fourth-order valence-corrected chi connectivity index (χ4v) is 4.79. The number of hydrogen-bond acceptors (Lipinski definition) is 5. The molecular formula is C29H30N4O3. The maximum atomic E-state index is 13.3. The van der Waals surface area contributed by atoms with Gasteiger partial charge in [0.15, 0.2) is 0 Å². The van der Waals surface area contributed by atoms with E-state index in [9.17, 15) is 9.59 Å². The first kappa shape index (κ1) is 23.6. The number of aryl methyl sites for hydroxylation is 1. The molecule has 0 aliphatic heterocycles. The molecule has 1 amide bonds. The van der Waals surface area contributed by atoms with Crippen LogP contribution < -0.4 is 16.2 Å². The number of carbonyl (C=O) groups excluding carboxylic acids is 1. The SMILES string of the molecule is CCc1cccc(NC(NC(=O)c2cccc(Cc3n[nH]c(=O)c4c3CCCC4)c2)c2ccoc2)c1. The number of fused-ring (bicyclic) bond motifs is 1. The van der Waals surface area contributed by atoms with Crippen LogP contribution in [0.1, 0.15) is 69.8 Å². The van der Waals surface area contributed by atoms with Crippen molar-refractivity contribution in [3.05, 3.63) is 117 Å². The Morgan fingerprint density at radius 3 is 2.67 bits per heavy atom. The average molecular weight is 483 g/mol. The lowest BCUT2D eigenvalue weighted by atomic mass is 9.90. The Morgan fingerprint density at radius 2 is 1.86 bits per heavy atom. The van der Waals surface area contributed by atoms with Gasteiger partial charge in [-0.15, -0.1) is 0 Å². The van der Waals surface area contributed by atoms with Crippen molar-refractivity contribution in [2.45, 2.75) is 51.6 Å². The molecule has 2 aromatic carbocycles. The number of rotatable bonds is 8.